The van der Waals surface area contributed by atoms with Gasteiger partial charge in [0, 0.05) is 30.4 Å². The molecule has 0 spiro atoms. The highest BCUT2D eigenvalue weighted by Gasteiger charge is 2.19. The molecule has 1 aromatic carbocycles. The molecule has 0 N–H and O–H groups in total. The zero-order valence-corrected chi connectivity index (χ0v) is 14.5. The number of hydrogen-bond donors (Lipinski definition) is 0. The van der Waals surface area contributed by atoms with Crippen molar-refractivity contribution >= 4 is 17.4 Å². The van der Waals surface area contributed by atoms with Crippen molar-refractivity contribution in [3.8, 4) is 16.9 Å². The Bertz CT molecular complexity index is 876. The Labute approximate surface area is 148 Å². The highest BCUT2D eigenvalue weighted by molar-refractivity contribution is 6.32. The van der Waals surface area contributed by atoms with E-state index in [0.717, 1.165) is 25.1 Å². The molecule has 0 bridgehead atoms. The second-order valence-corrected chi connectivity index (χ2v) is 6.08. The summed E-state index contributed by atoms with van der Waals surface area (Å²) in [4.78, 5) is 9.85. The summed E-state index contributed by atoms with van der Waals surface area (Å²) in [5.41, 5.74) is -0.190. The van der Waals surface area contributed by atoms with Crippen molar-refractivity contribution in [1.82, 2.24) is 24.5 Å². The number of hydrogen-bond acceptors (Lipinski definition) is 5. The molecule has 0 amide bonds. The van der Waals surface area contributed by atoms with E-state index in [9.17, 15) is 8.78 Å². The molecule has 0 saturated heterocycles. The predicted molar refractivity (Wildman–Crippen MR) is 89.8 cm³/mol. The van der Waals surface area contributed by atoms with E-state index < -0.39 is 11.6 Å². The largest absolute Gasteiger partial charge is 0.493 e. The Balaban J connectivity index is 1.87. The normalized spacial score (nSPS) is 11.4. The fourth-order valence-corrected chi connectivity index (χ4v) is 2.59. The van der Waals surface area contributed by atoms with Crippen molar-refractivity contribution in [3.63, 3.8) is 0 Å². The maximum atomic E-state index is 14.5. The molecule has 0 aliphatic heterocycles. The van der Waals surface area contributed by atoms with E-state index in [-0.39, 0.29) is 27.8 Å². The van der Waals surface area contributed by atoms with E-state index >= 15 is 0 Å². The van der Waals surface area contributed by atoms with Crippen LogP contribution in [0.15, 0.2) is 24.7 Å². The van der Waals surface area contributed by atoms with Crippen molar-refractivity contribution in [2.45, 2.75) is 6.42 Å². The van der Waals surface area contributed by atoms with Crippen molar-refractivity contribution in [1.29, 1.82) is 0 Å². The molecule has 0 radical (unpaired) electrons. The number of nitrogens with zero attached hydrogens (tertiary/aromatic N) is 5. The van der Waals surface area contributed by atoms with E-state index in [2.05, 4.69) is 15.1 Å². The highest BCUT2D eigenvalue weighted by atomic mass is 35.5. The van der Waals surface area contributed by atoms with Gasteiger partial charge in [-0.05, 0) is 20.5 Å². The van der Waals surface area contributed by atoms with Gasteiger partial charge in [0.2, 0.25) is 0 Å². The summed E-state index contributed by atoms with van der Waals surface area (Å²) in [5, 5.41) is 3.84. The Morgan fingerprint density at radius 3 is 2.64 bits per heavy atom. The summed E-state index contributed by atoms with van der Waals surface area (Å²) < 4.78 is 35.7. The van der Waals surface area contributed by atoms with Gasteiger partial charge in [0.05, 0.1) is 12.2 Å². The second-order valence-electron chi connectivity index (χ2n) is 5.72. The van der Waals surface area contributed by atoms with Gasteiger partial charge in [-0.25, -0.2) is 13.3 Å². The summed E-state index contributed by atoms with van der Waals surface area (Å²) in [6.45, 7) is 1.19. The molecule has 0 atom stereocenters. The van der Waals surface area contributed by atoms with Gasteiger partial charge in [-0.1, -0.05) is 11.6 Å². The van der Waals surface area contributed by atoms with Gasteiger partial charge in [-0.2, -0.15) is 15.1 Å². The molecule has 2 aromatic heterocycles. The molecular formula is C16H16ClF2N5O. The molecule has 2 heterocycles. The van der Waals surface area contributed by atoms with Crippen LogP contribution in [0, 0.1) is 11.6 Å². The van der Waals surface area contributed by atoms with Crippen LogP contribution in [0.2, 0.25) is 5.15 Å². The van der Waals surface area contributed by atoms with Crippen LogP contribution in [0.1, 0.15) is 6.42 Å². The molecule has 9 heteroatoms. The van der Waals surface area contributed by atoms with Crippen LogP contribution in [0.4, 0.5) is 8.78 Å². The van der Waals surface area contributed by atoms with Gasteiger partial charge in [0.25, 0.3) is 5.78 Å². The lowest BCUT2D eigenvalue weighted by Gasteiger charge is -2.12. The van der Waals surface area contributed by atoms with Crippen molar-refractivity contribution in [2.24, 2.45) is 0 Å². The number of halogens is 3. The first-order valence-electron chi connectivity index (χ1n) is 7.58. The van der Waals surface area contributed by atoms with Crippen molar-refractivity contribution in [2.75, 3.05) is 27.2 Å². The molecule has 0 aliphatic carbocycles. The molecule has 3 rings (SSSR count). The Kier molecular flexibility index (Phi) is 5.10. The lowest BCUT2D eigenvalue weighted by Crippen LogP contribution is -2.15. The van der Waals surface area contributed by atoms with Gasteiger partial charge in [0.1, 0.15) is 28.9 Å². The summed E-state index contributed by atoms with van der Waals surface area (Å²) >= 11 is 6.05. The smallest absolute Gasteiger partial charge is 0.253 e. The van der Waals surface area contributed by atoms with E-state index in [1.165, 1.54) is 17.0 Å². The average Bonchev–Trinajstić information content (AvgIpc) is 2.98. The van der Waals surface area contributed by atoms with Crippen LogP contribution in [0.25, 0.3) is 16.9 Å². The summed E-state index contributed by atoms with van der Waals surface area (Å²) in [6.07, 6.45) is 3.41. The fraction of sp³-hybridized carbons (Fsp3) is 0.312. The number of aromatic nitrogens is 4. The third kappa shape index (κ3) is 3.85. The standard InChI is InChI=1S/C16H16ClF2N5O/c1-23(2)4-3-5-25-10-6-12(18)14(13(19)7-10)11-8-24-16(20-9-21-24)22-15(11)17/h6-9H,3-5H2,1-2H3. The van der Waals surface area contributed by atoms with Crippen LogP contribution in [0.5, 0.6) is 5.75 Å². The van der Waals surface area contributed by atoms with Crippen LogP contribution in [-0.2, 0) is 0 Å². The molecule has 25 heavy (non-hydrogen) atoms. The van der Waals surface area contributed by atoms with E-state index in [1.54, 1.807) is 0 Å². The number of fused-ring (bicyclic) bond motifs is 1. The lowest BCUT2D eigenvalue weighted by molar-refractivity contribution is 0.279. The quantitative estimate of drug-likeness (QED) is 0.495. The second kappa shape index (κ2) is 7.28. The van der Waals surface area contributed by atoms with Crippen LogP contribution >= 0.6 is 11.6 Å². The molecule has 6 nitrogen and oxygen atoms in total. The highest BCUT2D eigenvalue weighted by Crippen LogP contribution is 2.33. The zero-order valence-electron chi connectivity index (χ0n) is 13.7. The monoisotopic (exact) mass is 367 g/mol. The fourth-order valence-electron chi connectivity index (χ4n) is 2.37. The van der Waals surface area contributed by atoms with E-state index in [0.29, 0.717) is 6.61 Å². The molecule has 0 fully saturated rings. The van der Waals surface area contributed by atoms with Crippen LogP contribution in [0.3, 0.4) is 0 Å². The number of ether oxygens (including phenoxy) is 1. The molecule has 132 valence electrons. The van der Waals surface area contributed by atoms with Crippen molar-refractivity contribution < 1.29 is 13.5 Å². The molecular weight excluding hydrogens is 352 g/mol. The minimum atomic E-state index is -0.786. The average molecular weight is 368 g/mol. The first kappa shape index (κ1) is 17.5. The lowest BCUT2D eigenvalue weighted by atomic mass is 10.1. The summed E-state index contributed by atoms with van der Waals surface area (Å²) in [6, 6.07) is 2.27. The molecule has 0 unspecified atom stereocenters. The number of benzene rings is 1. The SMILES string of the molecule is CN(C)CCCOc1cc(F)c(-c2cn3ncnc3nc2Cl)c(F)c1. The van der Waals surface area contributed by atoms with Crippen LogP contribution < -0.4 is 4.74 Å². The minimum Gasteiger partial charge on any atom is -0.493 e. The topological polar surface area (TPSA) is 55.6 Å². The maximum absolute atomic E-state index is 14.5. The summed E-state index contributed by atoms with van der Waals surface area (Å²) in [5.74, 6) is -1.20. The molecule has 0 saturated carbocycles. The third-order valence-electron chi connectivity index (χ3n) is 3.53. The van der Waals surface area contributed by atoms with E-state index in [4.69, 9.17) is 16.3 Å². The first-order chi connectivity index (χ1) is 12.0. The first-order valence-corrected chi connectivity index (χ1v) is 7.96. The van der Waals surface area contributed by atoms with Gasteiger partial charge >= 0.3 is 0 Å². The molecule has 3 aromatic rings. The van der Waals surface area contributed by atoms with Gasteiger partial charge in [0.15, 0.2) is 0 Å². The Morgan fingerprint density at radius 1 is 1.24 bits per heavy atom. The van der Waals surface area contributed by atoms with Gasteiger partial charge < -0.3 is 9.64 Å². The predicted octanol–water partition coefficient (Wildman–Crippen LogP) is 3.05. The molecule has 0 aliphatic rings. The Hall–Kier alpha value is -2.32. The van der Waals surface area contributed by atoms with Gasteiger partial charge in [-0.15, -0.1) is 0 Å². The third-order valence-corrected chi connectivity index (χ3v) is 3.82. The zero-order chi connectivity index (χ0) is 18.0. The van der Waals surface area contributed by atoms with Crippen molar-refractivity contribution in [3.05, 3.63) is 41.4 Å². The summed E-state index contributed by atoms with van der Waals surface area (Å²) in [7, 11) is 3.88. The number of rotatable bonds is 6. The minimum absolute atomic E-state index is 0.0575. The maximum Gasteiger partial charge on any atom is 0.253 e. The Morgan fingerprint density at radius 2 is 1.96 bits per heavy atom. The van der Waals surface area contributed by atoms with E-state index in [1.807, 2.05) is 19.0 Å². The van der Waals surface area contributed by atoms with Gasteiger partial charge in [-0.3, -0.25) is 0 Å². The van der Waals surface area contributed by atoms with Crippen LogP contribution in [-0.4, -0.2) is 51.7 Å².